The van der Waals surface area contributed by atoms with Crippen LogP contribution in [0.5, 0.6) is 0 Å². The lowest BCUT2D eigenvalue weighted by Gasteiger charge is -2.20. The largest absolute Gasteiger partial charge is 0.336 e. The normalized spacial score (nSPS) is 14.0. The first kappa shape index (κ1) is 26.1. The van der Waals surface area contributed by atoms with Crippen molar-refractivity contribution >= 4 is 50.8 Å². The summed E-state index contributed by atoms with van der Waals surface area (Å²) in [6.07, 6.45) is 11.6. The van der Waals surface area contributed by atoms with Crippen LogP contribution >= 0.6 is 11.3 Å². The molecule has 7 rings (SSSR count). The van der Waals surface area contributed by atoms with E-state index < -0.39 is 0 Å². The summed E-state index contributed by atoms with van der Waals surface area (Å²) >= 11 is 1.40. The summed E-state index contributed by atoms with van der Waals surface area (Å²) in [7, 11) is 0. The highest BCUT2D eigenvalue weighted by Crippen LogP contribution is 2.34. The first-order valence-corrected chi connectivity index (χ1v) is 14.9. The molecule has 6 aromatic heterocycles. The molecular formula is C31H28N8O2S. The number of hydrogen-bond acceptors (Lipinski definition) is 8. The maximum absolute atomic E-state index is 12.7. The molecule has 0 saturated heterocycles. The van der Waals surface area contributed by atoms with Crippen molar-refractivity contribution < 1.29 is 9.59 Å². The van der Waals surface area contributed by atoms with Crippen molar-refractivity contribution in [3.63, 3.8) is 0 Å². The van der Waals surface area contributed by atoms with E-state index in [-0.39, 0.29) is 11.7 Å². The Bertz CT molecular complexity index is 1950. The highest BCUT2D eigenvalue weighted by Gasteiger charge is 2.20. The van der Waals surface area contributed by atoms with Crippen LogP contribution in [0.25, 0.3) is 55.4 Å². The summed E-state index contributed by atoms with van der Waals surface area (Å²) in [5, 5.41) is 10.6. The molecular weight excluding hydrogens is 548 g/mol. The third-order valence-electron chi connectivity index (χ3n) is 7.74. The van der Waals surface area contributed by atoms with Gasteiger partial charge in [-0.15, -0.1) is 11.3 Å². The zero-order valence-electron chi connectivity index (χ0n) is 23.0. The number of hydrogen-bond donors (Lipinski definition) is 3. The van der Waals surface area contributed by atoms with Crippen LogP contribution in [0.15, 0.2) is 55.0 Å². The van der Waals surface area contributed by atoms with Crippen LogP contribution in [-0.2, 0) is 4.79 Å². The molecule has 1 amide bonds. The highest BCUT2D eigenvalue weighted by molar-refractivity contribution is 7.17. The van der Waals surface area contributed by atoms with E-state index in [0.29, 0.717) is 56.8 Å². The first-order valence-electron chi connectivity index (χ1n) is 14.1. The van der Waals surface area contributed by atoms with E-state index in [9.17, 15) is 9.59 Å². The summed E-state index contributed by atoms with van der Waals surface area (Å²) in [6, 6.07) is 11.3. The molecule has 0 bridgehead atoms. The molecule has 6 heterocycles. The van der Waals surface area contributed by atoms with Crippen LogP contribution < -0.4 is 5.32 Å². The van der Waals surface area contributed by atoms with Crippen LogP contribution in [0.4, 0.5) is 5.69 Å². The Morgan fingerprint density at radius 2 is 1.83 bits per heavy atom. The summed E-state index contributed by atoms with van der Waals surface area (Å²) < 4.78 is 0. The van der Waals surface area contributed by atoms with Crippen molar-refractivity contribution in [1.29, 1.82) is 0 Å². The number of carbonyl (C=O) groups is 2. The Kier molecular flexibility index (Phi) is 6.79. The summed E-state index contributed by atoms with van der Waals surface area (Å²) in [4.78, 5) is 48.1. The fourth-order valence-corrected chi connectivity index (χ4v) is 6.52. The number of pyridine rings is 3. The average Bonchev–Trinajstić information content (AvgIpc) is 3.75. The SMILES string of the molecule is CC(=O)c1ccc(-c2nccc3[nH]c(-c4n[nH]c5ccc(-c6cncc(NC(=O)CC7CCCCC7)c6)nc45)nc23)s1. The second-order valence-corrected chi connectivity index (χ2v) is 11.8. The Balaban J connectivity index is 1.19. The number of aromatic amines is 2. The Labute approximate surface area is 245 Å². The molecule has 0 radical (unpaired) electrons. The van der Waals surface area contributed by atoms with Crippen molar-refractivity contribution in [1.82, 2.24) is 35.1 Å². The number of aromatic nitrogens is 7. The van der Waals surface area contributed by atoms with Gasteiger partial charge in [0.25, 0.3) is 0 Å². The number of nitrogens with one attached hydrogen (secondary N) is 3. The van der Waals surface area contributed by atoms with E-state index in [1.165, 1.54) is 30.6 Å². The highest BCUT2D eigenvalue weighted by atomic mass is 32.1. The molecule has 0 spiro atoms. The first-order chi connectivity index (χ1) is 20.5. The van der Waals surface area contributed by atoms with Gasteiger partial charge in [0.2, 0.25) is 5.91 Å². The van der Waals surface area contributed by atoms with Gasteiger partial charge in [-0.2, -0.15) is 5.10 Å². The van der Waals surface area contributed by atoms with Crippen LogP contribution in [0.1, 0.15) is 55.1 Å². The number of Topliss-reactive ketones (excluding diaryl/α,β-unsaturated/α-hetero) is 1. The lowest BCUT2D eigenvalue weighted by molar-refractivity contribution is -0.117. The third kappa shape index (κ3) is 5.07. The number of amides is 1. The minimum Gasteiger partial charge on any atom is -0.336 e. The van der Waals surface area contributed by atoms with E-state index >= 15 is 0 Å². The van der Waals surface area contributed by atoms with Gasteiger partial charge in [0.05, 0.1) is 38.4 Å². The molecule has 1 saturated carbocycles. The number of thiophene rings is 1. The number of ketones is 1. The van der Waals surface area contributed by atoms with Crippen LogP contribution in [-0.4, -0.2) is 46.8 Å². The number of fused-ring (bicyclic) bond motifs is 2. The second-order valence-electron chi connectivity index (χ2n) is 10.7. The van der Waals surface area contributed by atoms with Crippen molar-refractivity contribution in [2.75, 3.05) is 5.32 Å². The minimum absolute atomic E-state index is 0.0218. The van der Waals surface area contributed by atoms with Crippen LogP contribution in [0.3, 0.4) is 0 Å². The summed E-state index contributed by atoms with van der Waals surface area (Å²) in [6.45, 7) is 1.56. The Morgan fingerprint density at radius 1 is 0.976 bits per heavy atom. The predicted octanol–water partition coefficient (Wildman–Crippen LogP) is 6.80. The van der Waals surface area contributed by atoms with Gasteiger partial charge in [0, 0.05) is 24.4 Å². The van der Waals surface area contributed by atoms with Crippen molar-refractivity contribution in [3.05, 3.63) is 59.9 Å². The molecule has 1 aliphatic carbocycles. The fraction of sp³-hybridized carbons (Fsp3) is 0.258. The minimum atomic E-state index is 0.0218. The topological polar surface area (TPSA) is 142 Å². The maximum Gasteiger partial charge on any atom is 0.224 e. The molecule has 0 aromatic carbocycles. The van der Waals surface area contributed by atoms with Gasteiger partial charge >= 0.3 is 0 Å². The molecule has 11 heteroatoms. The van der Waals surface area contributed by atoms with Gasteiger partial charge in [-0.25, -0.2) is 9.97 Å². The molecule has 3 N–H and O–H groups in total. The van der Waals surface area contributed by atoms with Gasteiger partial charge in [-0.05, 0) is 62.1 Å². The van der Waals surface area contributed by atoms with E-state index in [4.69, 9.17) is 9.97 Å². The molecule has 1 fully saturated rings. The van der Waals surface area contributed by atoms with E-state index in [1.54, 1.807) is 25.5 Å². The molecule has 42 heavy (non-hydrogen) atoms. The molecule has 210 valence electrons. The Morgan fingerprint density at radius 3 is 2.67 bits per heavy atom. The third-order valence-corrected chi connectivity index (χ3v) is 8.93. The van der Waals surface area contributed by atoms with Gasteiger partial charge in [0.1, 0.15) is 16.7 Å². The summed E-state index contributed by atoms with van der Waals surface area (Å²) in [5.74, 6) is 1.07. The fourth-order valence-electron chi connectivity index (χ4n) is 5.62. The van der Waals surface area contributed by atoms with Gasteiger partial charge in [-0.3, -0.25) is 24.7 Å². The number of carbonyl (C=O) groups excluding carboxylic acids is 2. The predicted molar refractivity (Wildman–Crippen MR) is 163 cm³/mol. The van der Waals surface area contributed by atoms with Gasteiger partial charge in [0.15, 0.2) is 17.3 Å². The van der Waals surface area contributed by atoms with Crippen molar-refractivity contribution in [2.24, 2.45) is 5.92 Å². The number of nitrogens with zero attached hydrogens (tertiary/aromatic N) is 5. The zero-order valence-corrected chi connectivity index (χ0v) is 23.8. The molecule has 0 aliphatic heterocycles. The second kappa shape index (κ2) is 10.9. The molecule has 0 atom stereocenters. The number of anilines is 1. The number of rotatable bonds is 7. The van der Waals surface area contributed by atoms with E-state index in [1.807, 2.05) is 36.4 Å². The molecule has 1 aliphatic rings. The number of imidazole rings is 1. The van der Waals surface area contributed by atoms with Crippen LogP contribution in [0.2, 0.25) is 0 Å². The van der Waals surface area contributed by atoms with E-state index in [2.05, 4.69) is 30.5 Å². The molecule has 10 nitrogen and oxygen atoms in total. The van der Waals surface area contributed by atoms with Gasteiger partial charge in [-0.1, -0.05) is 19.3 Å². The monoisotopic (exact) mass is 576 g/mol. The standard InChI is InChI=1S/C31H28N8O2S/c1-17(40)24-9-10-25(42-24)29-27-22(11-12-33-29)36-31(37-27)30-28-23(38-39-30)8-7-21(35-28)19-14-20(16-32-15-19)34-26(41)13-18-5-3-2-4-6-18/h7-12,14-16,18H,2-6,13H2,1H3,(H,34,41)(H,36,37)(H,38,39). The Hall–Kier alpha value is -4.77. The number of H-pyrrole nitrogens is 2. The van der Waals surface area contributed by atoms with Crippen molar-refractivity contribution in [3.8, 4) is 33.3 Å². The zero-order chi connectivity index (χ0) is 28.6. The summed E-state index contributed by atoms with van der Waals surface area (Å²) in [5.41, 5.74) is 6.35. The van der Waals surface area contributed by atoms with Gasteiger partial charge < -0.3 is 10.3 Å². The lowest BCUT2D eigenvalue weighted by Crippen LogP contribution is -2.18. The molecule has 6 aromatic rings. The lowest BCUT2D eigenvalue weighted by atomic mass is 9.87. The maximum atomic E-state index is 12.7. The van der Waals surface area contributed by atoms with E-state index in [0.717, 1.165) is 34.3 Å². The average molecular weight is 577 g/mol. The molecule has 0 unspecified atom stereocenters. The van der Waals surface area contributed by atoms with Crippen molar-refractivity contribution in [2.45, 2.75) is 45.4 Å². The smallest absolute Gasteiger partial charge is 0.224 e. The quantitative estimate of drug-likeness (QED) is 0.177. The van der Waals surface area contributed by atoms with Crippen LogP contribution in [0, 0.1) is 5.92 Å².